The van der Waals surface area contributed by atoms with Crippen molar-refractivity contribution in [2.75, 3.05) is 0 Å². The van der Waals surface area contributed by atoms with Gasteiger partial charge in [-0.25, -0.2) is 0 Å². The van der Waals surface area contributed by atoms with E-state index in [2.05, 4.69) is 180 Å². The Bertz CT molecular complexity index is 3070. The smallest absolute Gasteiger partial charge is 0.0497 e. The van der Waals surface area contributed by atoms with Crippen LogP contribution < -0.4 is 0 Å². The highest BCUT2D eigenvalue weighted by Gasteiger charge is 2.17. The molecule has 5 heterocycles. The highest BCUT2D eigenvalue weighted by molar-refractivity contribution is 7.19. The van der Waals surface area contributed by atoms with Crippen molar-refractivity contribution in [3.63, 3.8) is 0 Å². The molecular weight excluding hydrogens is 707 g/mol. The molecule has 0 radical (unpaired) electrons. The summed E-state index contributed by atoms with van der Waals surface area (Å²) >= 11 is 3.76. The minimum absolute atomic E-state index is 0.912. The van der Waals surface area contributed by atoms with Gasteiger partial charge in [-0.15, -0.1) is 22.7 Å². The number of nitrogens with zero attached hydrogens (tertiary/aromatic N) is 3. The Balaban J connectivity index is 0.937. The number of hydrogen-bond acceptors (Lipinski definition) is 2. The number of para-hydroxylation sites is 2. The summed E-state index contributed by atoms with van der Waals surface area (Å²) in [5, 5.41) is 7.94. The van der Waals surface area contributed by atoms with Crippen LogP contribution in [0, 0.1) is 0 Å². The van der Waals surface area contributed by atoms with Gasteiger partial charge in [0, 0.05) is 105 Å². The first kappa shape index (κ1) is 32.5. The SMILES string of the molecule is CCn1c2ccccc2c2ccc(-c3ccc(-c4ccc5c6ccc(-c7ccc(-c8ccc9c%10ccccc%10n(CC)c9c8)s7)cc6n(CC)c5c4)s3)cc21. The number of hydrogen-bond donors (Lipinski definition) is 0. The molecule has 0 bridgehead atoms. The molecule has 0 saturated heterocycles. The fourth-order valence-electron chi connectivity index (χ4n) is 9.13. The molecule has 6 aromatic carbocycles. The quantitative estimate of drug-likeness (QED) is 0.154. The molecule has 5 aromatic heterocycles. The Hall–Kier alpha value is -5.88. The van der Waals surface area contributed by atoms with Gasteiger partial charge in [0.2, 0.25) is 0 Å². The van der Waals surface area contributed by atoms with Gasteiger partial charge in [0.05, 0.1) is 0 Å². The van der Waals surface area contributed by atoms with Crippen molar-refractivity contribution in [3.05, 3.63) is 146 Å². The standard InChI is InChI=1S/C50H39N3S2/c1-4-51-41-13-9-7-11-35(41)37-19-15-31(27-43(37)51)47-23-25-49(54-47)33-17-21-39-40-22-18-34(30-46(40)53(6-3)45(39)29-33)50-26-24-48(55-50)32-16-20-38-36-12-8-10-14-42(36)52(5-2)44(38)28-32/h7-30H,4-6H2,1-3H3. The average Bonchev–Trinajstić information content (AvgIpc) is 4.07. The first-order valence-corrected chi connectivity index (χ1v) is 21.0. The van der Waals surface area contributed by atoms with E-state index in [4.69, 9.17) is 0 Å². The van der Waals surface area contributed by atoms with E-state index in [1.165, 1.54) is 107 Å². The number of fused-ring (bicyclic) bond motifs is 9. The Kier molecular flexibility index (Phi) is 7.45. The minimum Gasteiger partial charge on any atom is -0.341 e. The predicted octanol–water partition coefficient (Wildman–Crippen LogP) is 14.9. The molecule has 0 aliphatic rings. The highest BCUT2D eigenvalue weighted by Crippen LogP contribution is 2.42. The van der Waals surface area contributed by atoms with Gasteiger partial charge in [-0.3, -0.25) is 0 Å². The second-order valence-electron chi connectivity index (χ2n) is 14.5. The molecule has 0 atom stereocenters. The van der Waals surface area contributed by atoms with Crippen molar-refractivity contribution >= 4 is 88.1 Å². The zero-order valence-electron chi connectivity index (χ0n) is 31.1. The van der Waals surface area contributed by atoms with Crippen LogP contribution in [-0.2, 0) is 19.6 Å². The topological polar surface area (TPSA) is 14.8 Å². The van der Waals surface area contributed by atoms with Gasteiger partial charge >= 0.3 is 0 Å². The maximum absolute atomic E-state index is 2.50. The first-order valence-electron chi connectivity index (χ1n) is 19.4. The third-order valence-electron chi connectivity index (χ3n) is 11.7. The molecule has 55 heavy (non-hydrogen) atoms. The number of aromatic nitrogens is 3. The lowest BCUT2D eigenvalue weighted by molar-refractivity contribution is 0.827. The summed E-state index contributed by atoms with van der Waals surface area (Å²) in [7, 11) is 0. The molecule has 11 rings (SSSR count). The molecule has 0 aliphatic heterocycles. The molecule has 0 unspecified atom stereocenters. The molecule has 0 amide bonds. The van der Waals surface area contributed by atoms with Gasteiger partial charge in [-0.2, -0.15) is 0 Å². The van der Waals surface area contributed by atoms with E-state index in [-0.39, 0.29) is 0 Å². The molecule has 0 saturated carbocycles. The summed E-state index contributed by atoms with van der Waals surface area (Å²) in [6.45, 7) is 9.56. The van der Waals surface area contributed by atoms with Crippen molar-refractivity contribution in [2.45, 2.75) is 40.4 Å². The van der Waals surface area contributed by atoms with E-state index in [0.717, 1.165) is 19.6 Å². The minimum atomic E-state index is 0.912. The predicted molar refractivity (Wildman–Crippen MR) is 240 cm³/mol. The Morgan fingerprint density at radius 2 is 0.582 bits per heavy atom. The fourth-order valence-corrected chi connectivity index (χ4v) is 11.1. The van der Waals surface area contributed by atoms with E-state index < -0.39 is 0 Å². The molecular formula is C50H39N3S2. The Morgan fingerprint density at radius 3 is 0.891 bits per heavy atom. The van der Waals surface area contributed by atoms with E-state index >= 15 is 0 Å². The number of thiophene rings is 2. The van der Waals surface area contributed by atoms with Crippen molar-refractivity contribution < 1.29 is 0 Å². The van der Waals surface area contributed by atoms with Crippen LogP contribution in [0.3, 0.4) is 0 Å². The lowest BCUT2D eigenvalue weighted by Gasteiger charge is -2.06. The first-order chi connectivity index (χ1) is 27.1. The zero-order valence-corrected chi connectivity index (χ0v) is 32.8. The monoisotopic (exact) mass is 745 g/mol. The molecule has 0 fully saturated rings. The maximum Gasteiger partial charge on any atom is 0.0497 e. The molecule has 11 aromatic rings. The molecule has 5 heteroatoms. The van der Waals surface area contributed by atoms with Crippen LogP contribution in [0.25, 0.3) is 107 Å². The normalized spacial score (nSPS) is 12.1. The third kappa shape index (κ3) is 4.93. The molecule has 3 nitrogen and oxygen atoms in total. The lowest BCUT2D eigenvalue weighted by atomic mass is 10.1. The molecule has 0 N–H and O–H groups in total. The second-order valence-corrected chi connectivity index (χ2v) is 16.7. The van der Waals surface area contributed by atoms with Gasteiger partial charge in [-0.1, -0.05) is 84.9 Å². The van der Waals surface area contributed by atoms with Gasteiger partial charge in [0.25, 0.3) is 0 Å². The zero-order chi connectivity index (χ0) is 36.8. The van der Waals surface area contributed by atoms with E-state index in [1.54, 1.807) is 0 Å². The maximum atomic E-state index is 2.50. The molecule has 0 aliphatic carbocycles. The summed E-state index contributed by atoms with van der Waals surface area (Å²) in [5.41, 5.74) is 12.9. The van der Waals surface area contributed by atoms with Gasteiger partial charge in [0.1, 0.15) is 0 Å². The van der Waals surface area contributed by atoms with Crippen LogP contribution in [0.1, 0.15) is 20.8 Å². The van der Waals surface area contributed by atoms with Crippen LogP contribution in [0.2, 0.25) is 0 Å². The number of benzene rings is 6. The Labute approximate surface area is 327 Å². The van der Waals surface area contributed by atoms with Crippen molar-refractivity contribution in [2.24, 2.45) is 0 Å². The summed E-state index contributed by atoms with van der Waals surface area (Å²) in [4.78, 5) is 5.19. The van der Waals surface area contributed by atoms with Crippen LogP contribution in [0.15, 0.2) is 146 Å². The van der Waals surface area contributed by atoms with Gasteiger partial charge in [-0.05, 0) is 104 Å². The Morgan fingerprint density at radius 1 is 0.309 bits per heavy atom. The van der Waals surface area contributed by atoms with Crippen molar-refractivity contribution in [3.8, 4) is 41.8 Å². The van der Waals surface area contributed by atoms with E-state index in [0.29, 0.717) is 0 Å². The summed E-state index contributed by atoms with van der Waals surface area (Å²) in [5.74, 6) is 0. The summed E-state index contributed by atoms with van der Waals surface area (Å²) in [6.07, 6.45) is 0. The van der Waals surface area contributed by atoms with E-state index in [9.17, 15) is 0 Å². The van der Waals surface area contributed by atoms with Gasteiger partial charge < -0.3 is 13.7 Å². The van der Waals surface area contributed by atoms with Crippen LogP contribution in [0.5, 0.6) is 0 Å². The van der Waals surface area contributed by atoms with Crippen LogP contribution in [-0.4, -0.2) is 13.7 Å². The largest absolute Gasteiger partial charge is 0.341 e. The summed E-state index contributed by atoms with van der Waals surface area (Å²) in [6, 6.07) is 54.8. The summed E-state index contributed by atoms with van der Waals surface area (Å²) < 4.78 is 7.38. The molecule has 266 valence electrons. The number of rotatable bonds is 7. The lowest BCUT2D eigenvalue weighted by Crippen LogP contribution is -1.93. The van der Waals surface area contributed by atoms with Crippen molar-refractivity contribution in [1.82, 2.24) is 13.7 Å². The average molecular weight is 746 g/mol. The number of aryl methyl sites for hydroxylation is 3. The van der Waals surface area contributed by atoms with E-state index in [1.807, 2.05) is 22.7 Å². The highest BCUT2D eigenvalue weighted by atomic mass is 32.1. The third-order valence-corrected chi connectivity index (χ3v) is 14.1. The van der Waals surface area contributed by atoms with Crippen molar-refractivity contribution in [1.29, 1.82) is 0 Å². The van der Waals surface area contributed by atoms with Crippen LogP contribution in [0.4, 0.5) is 0 Å². The van der Waals surface area contributed by atoms with Gasteiger partial charge in [0.15, 0.2) is 0 Å². The molecule has 0 spiro atoms. The second kappa shape index (κ2) is 12.6. The van der Waals surface area contributed by atoms with Crippen LogP contribution >= 0.6 is 22.7 Å². The fraction of sp³-hybridized carbons (Fsp3) is 0.120.